The Morgan fingerprint density at radius 1 is 1.35 bits per heavy atom. The van der Waals surface area contributed by atoms with Crippen molar-refractivity contribution < 1.29 is 9.90 Å². The lowest BCUT2D eigenvalue weighted by Crippen LogP contribution is -2.04. The van der Waals surface area contributed by atoms with Gasteiger partial charge in [0.05, 0.1) is 6.42 Å². The van der Waals surface area contributed by atoms with Crippen LogP contribution in [0.4, 0.5) is 0 Å². The zero-order valence-electron chi connectivity index (χ0n) is 9.60. The van der Waals surface area contributed by atoms with E-state index < -0.39 is 5.97 Å². The Bertz CT molecular complexity index is 567. The van der Waals surface area contributed by atoms with Crippen LogP contribution in [0.5, 0.6) is 0 Å². The van der Waals surface area contributed by atoms with Crippen molar-refractivity contribution in [1.82, 2.24) is 4.57 Å². The highest BCUT2D eigenvalue weighted by atomic mass is 16.4. The Morgan fingerprint density at radius 3 is 2.82 bits per heavy atom. The van der Waals surface area contributed by atoms with E-state index >= 15 is 0 Å². The van der Waals surface area contributed by atoms with Crippen LogP contribution in [-0.4, -0.2) is 15.6 Å². The molecule has 88 valence electrons. The minimum absolute atomic E-state index is 0.211. The SMILES string of the molecule is O=C(O)CCc1cc2ccccc2n1C1CC1. The van der Waals surface area contributed by atoms with Crippen molar-refractivity contribution in [2.24, 2.45) is 0 Å². The van der Waals surface area contributed by atoms with Gasteiger partial charge in [0.1, 0.15) is 0 Å². The molecule has 1 aromatic carbocycles. The molecular weight excluding hydrogens is 214 g/mol. The minimum Gasteiger partial charge on any atom is -0.481 e. The maximum absolute atomic E-state index is 10.7. The first-order valence-corrected chi connectivity index (χ1v) is 6.06. The molecular formula is C14H15NO2. The number of rotatable bonds is 4. The maximum atomic E-state index is 10.7. The monoisotopic (exact) mass is 229 g/mol. The van der Waals surface area contributed by atoms with E-state index in [2.05, 4.69) is 22.8 Å². The van der Waals surface area contributed by atoms with Gasteiger partial charge in [0.25, 0.3) is 0 Å². The predicted molar refractivity (Wildman–Crippen MR) is 66.2 cm³/mol. The molecule has 0 amide bonds. The Hall–Kier alpha value is -1.77. The number of fused-ring (bicyclic) bond motifs is 1. The van der Waals surface area contributed by atoms with Gasteiger partial charge in [-0.1, -0.05) is 18.2 Å². The summed E-state index contributed by atoms with van der Waals surface area (Å²) in [5.41, 5.74) is 2.41. The minimum atomic E-state index is -0.724. The van der Waals surface area contributed by atoms with Crippen LogP contribution in [0, 0.1) is 0 Å². The summed E-state index contributed by atoms with van der Waals surface area (Å²) in [6, 6.07) is 11.0. The number of carboxylic acids is 1. The van der Waals surface area contributed by atoms with Crippen LogP contribution in [-0.2, 0) is 11.2 Å². The molecule has 0 radical (unpaired) electrons. The number of para-hydroxylation sites is 1. The molecule has 1 fully saturated rings. The Balaban J connectivity index is 2.03. The zero-order valence-corrected chi connectivity index (χ0v) is 9.60. The lowest BCUT2D eigenvalue weighted by atomic mass is 10.2. The van der Waals surface area contributed by atoms with Crippen LogP contribution in [0.3, 0.4) is 0 Å². The molecule has 0 aliphatic heterocycles. The standard InChI is InChI=1S/C14H15NO2/c16-14(17)8-7-12-9-10-3-1-2-4-13(10)15(12)11-5-6-11/h1-4,9,11H,5-8H2,(H,16,17). The fourth-order valence-corrected chi connectivity index (χ4v) is 2.42. The number of hydrogen-bond acceptors (Lipinski definition) is 1. The van der Waals surface area contributed by atoms with Crippen molar-refractivity contribution in [3.8, 4) is 0 Å². The van der Waals surface area contributed by atoms with Gasteiger partial charge in [-0.25, -0.2) is 0 Å². The van der Waals surface area contributed by atoms with Crippen LogP contribution in [0.1, 0.15) is 31.0 Å². The second kappa shape index (κ2) is 3.91. The summed E-state index contributed by atoms with van der Waals surface area (Å²) < 4.78 is 2.33. The van der Waals surface area contributed by atoms with Crippen LogP contribution >= 0.6 is 0 Å². The number of aryl methyl sites for hydroxylation is 1. The first-order valence-electron chi connectivity index (χ1n) is 6.06. The van der Waals surface area contributed by atoms with Gasteiger partial charge in [-0.3, -0.25) is 4.79 Å². The van der Waals surface area contributed by atoms with E-state index in [1.165, 1.54) is 23.7 Å². The number of aromatic nitrogens is 1. The molecule has 3 heteroatoms. The highest BCUT2D eigenvalue weighted by molar-refractivity contribution is 5.81. The van der Waals surface area contributed by atoms with Crippen LogP contribution < -0.4 is 0 Å². The van der Waals surface area contributed by atoms with Crippen LogP contribution in [0.15, 0.2) is 30.3 Å². The number of nitrogens with zero attached hydrogens (tertiary/aromatic N) is 1. The van der Waals surface area contributed by atoms with E-state index in [0.717, 1.165) is 5.69 Å². The zero-order chi connectivity index (χ0) is 11.8. The van der Waals surface area contributed by atoms with Crippen molar-refractivity contribution in [3.05, 3.63) is 36.0 Å². The Labute approximate surface area is 99.7 Å². The van der Waals surface area contributed by atoms with Crippen molar-refractivity contribution in [2.45, 2.75) is 31.7 Å². The van der Waals surface area contributed by atoms with Crippen molar-refractivity contribution in [2.75, 3.05) is 0 Å². The van der Waals surface area contributed by atoms with Gasteiger partial charge in [-0.05, 0) is 36.8 Å². The van der Waals surface area contributed by atoms with Crippen LogP contribution in [0.2, 0.25) is 0 Å². The third-order valence-electron chi connectivity index (χ3n) is 3.33. The lowest BCUT2D eigenvalue weighted by molar-refractivity contribution is -0.136. The summed E-state index contributed by atoms with van der Waals surface area (Å²) in [5, 5.41) is 10.0. The van der Waals surface area contributed by atoms with E-state index in [4.69, 9.17) is 5.11 Å². The van der Waals surface area contributed by atoms with E-state index in [9.17, 15) is 4.79 Å². The maximum Gasteiger partial charge on any atom is 0.303 e. The average Bonchev–Trinajstić information content (AvgIpc) is 3.07. The fraction of sp³-hybridized carbons (Fsp3) is 0.357. The molecule has 0 saturated heterocycles. The van der Waals surface area contributed by atoms with Gasteiger partial charge in [0.15, 0.2) is 0 Å². The van der Waals surface area contributed by atoms with E-state index in [1.807, 2.05) is 12.1 Å². The Kier molecular flexibility index (Phi) is 2.39. The average molecular weight is 229 g/mol. The van der Waals surface area contributed by atoms with Gasteiger partial charge in [0.2, 0.25) is 0 Å². The highest BCUT2D eigenvalue weighted by Crippen LogP contribution is 2.39. The molecule has 2 aromatic rings. The molecule has 1 saturated carbocycles. The molecule has 1 N–H and O–H groups in total. The molecule has 1 aliphatic rings. The smallest absolute Gasteiger partial charge is 0.303 e. The second-order valence-corrected chi connectivity index (χ2v) is 4.69. The first kappa shape index (κ1) is 10.4. The van der Waals surface area contributed by atoms with E-state index in [-0.39, 0.29) is 6.42 Å². The number of benzene rings is 1. The summed E-state index contributed by atoms with van der Waals surface area (Å²) in [6.45, 7) is 0. The van der Waals surface area contributed by atoms with Crippen molar-refractivity contribution in [3.63, 3.8) is 0 Å². The summed E-state index contributed by atoms with van der Waals surface area (Å²) in [6.07, 6.45) is 3.28. The number of aliphatic carboxylic acids is 1. The topological polar surface area (TPSA) is 42.2 Å². The van der Waals surface area contributed by atoms with Gasteiger partial charge < -0.3 is 9.67 Å². The lowest BCUT2D eigenvalue weighted by Gasteiger charge is -2.08. The summed E-state index contributed by atoms with van der Waals surface area (Å²) >= 11 is 0. The quantitative estimate of drug-likeness (QED) is 0.875. The molecule has 1 aromatic heterocycles. The molecule has 1 heterocycles. The van der Waals surface area contributed by atoms with Gasteiger partial charge >= 0.3 is 5.97 Å². The van der Waals surface area contributed by atoms with Gasteiger partial charge in [0, 0.05) is 17.3 Å². The highest BCUT2D eigenvalue weighted by Gasteiger charge is 2.27. The fourth-order valence-electron chi connectivity index (χ4n) is 2.42. The summed E-state index contributed by atoms with van der Waals surface area (Å²) in [5.74, 6) is -0.724. The normalized spacial score (nSPS) is 15.3. The second-order valence-electron chi connectivity index (χ2n) is 4.69. The van der Waals surface area contributed by atoms with E-state index in [0.29, 0.717) is 12.5 Å². The third kappa shape index (κ3) is 1.93. The molecule has 1 aliphatic carbocycles. The number of carbonyl (C=O) groups is 1. The van der Waals surface area contributed by atoms with Crippen molar-refractivity contribution in [1.29, 1.82) is 0 Å². The molecule has 17 heavy (non-hydrogen) atoms. The van der Waals surface area contributed by atoms with Crippen LogP contribution in [0.25, 0.3) is 10.9 Å². The number of carboxylic acid groups (broad SMARTS) is 1. The molecule has 3 nitrogen and oxygen atoms in total. The molecule has 0 spiro atoms. The van der Waals surface area contributed by atoms with Gasteiger partial charge in [-0.2, -0.15) is 0 Å². The van der Waals surface area contributed by atoms with Crippen molar-refractivity contribution >= 4 is 16.9 Å². The summed E-state index contributed by atoms with van der Waals surface area (Å²) in [7, 11) is 0. The Morgan fingerprint density at radius 2 is 2.12 bits per heavy atom. The van der Waals surface area contributed by atoms with E-state index in [1.54, 1.807) is 0 Å². The summed E-state index contributed by atoms with van der Waals surface area (Å²) in [4.78, 5) is 10.7. The molecule has 3 rings (SSSR count). The van der Waals surface area contributed by atoms with Gasteiger partial charge in [-0.15, -0.1) is 0 Å². The molecule has 0 unspecified atom stereocenters. The molecule has 0 atom stereocenters. The molecule has 0 bridgehead atoms. The third-order valence-corrected chi connectivity index (χ3v) is 3.33. The largest absolute Gasteiger partial charge is 0.481 e. The first-order chi connectivity index (χ1) is 8.25. The predicted octanol–water partition coefficient (Wildman–Crippen LogP) is 2.99. The number of hydrogen-bond donors (Lipinski definition) is 1.